The molecule has 2 saturated heterocycles. The van der Waals surface area contributed by atoms with Crippen molar-refractivity contribution in [3.63, 3.8) is 0 Å². The van der Waals surface area contributed by atoms with Crippen LogP contribution in [0.4, 0.5) is 25.4 Å². The molecule has 3 amide bonds. The monoisotopic (exact) mass is 366 g/mol. The fraction of sp³-hybridized carbons (Fsp3) is 0.438. The van der Waals surface area contributed by atoms with Gasteiger partial charge in [-0.25, -0.2) is 14.0 Å². The highest BCUT2D eigenvalue weighted by atomic mass is 32.1. The maximum atomic E-state index is 14.5. The average Bonchev–Trinajstić information content (AvgIpc) is 3.09. The molecule has 0 saturated carbocycles. The Morgan fingerprint density at radius 2 is 2.12 bits per heavy atom. The number of thiocarbonyl (C=S) groups is 1. The van der Waals surface area contributed by atoms with Crippen molar-refractivity contribution in [3.05, 3.63) is 24.0 Å². The van der Waals surface area contributed by atoms with Crippen LogP contribution in [-0.2, 0) is 4.74 Å². The van der Waals surface area contributed by atoms with Crippen LogP contribution in [0.15, 0.2) is 18.2 Å². The molecule has 1 aromatic carbocycles. The molecule has 134 valence electrons. The Morgan fingerprint density at radius 3 is 2.72 bits per heavy atom. The highest BCUT2D eigenvalue weighted by Gasteiger charge is 2.33. The molecule has 0 unspecified atom stereocenters. The van der Waals surface area contributed by atoms with Crippen molar-refractivity contribution < 1.29 is 18.7 Å². The molecule has 2 heterocycles. The van der Waals surface area contributed by atoms with E-state index in [1.54, 1.807) is 20.0 Å². The predicted octanol–water partition coefficient (Wildman–Crippen LogP) is 1.96. The third kappa shape index (κ3) is 3.51. The molecule has 2 fully saturated rings. The van der Waals surface area contributed by atoms with Gasteiger partial charge in [0.25, 0.3) is 0 Å². The van der Waals surface area contributed by atoms with Gasteiger partial charge in [-0.05, 0) is 25.1 Å². The molecule has 7 nitrogen and oxygen atoms in total. The van der Waals surface area contributed by atoms with Gasteiger partial charge in [-0.3, -0.25) is 9.80 Å². The molecule has 1 N–H and O–H groups in total. The molecule has 1 atom stereocenters. The second kappa shape index (κ2) is 6.83. The van der Waals surface area contributed by atoms with E-state index < -0.39 is 11.9 Å². The third-order valence-electron chi connectivity index (χ3n) is 4.20. The van der Waals surface area contributed by atoms with Crippen molar-refractivity contribution in [1.29, 1.82) is 0 Å². The van der Waals surface area contributed by atoms with Crippen molar-refractivity contribution in [2.45, 2.75) is 13.0 Å². The lowest BCUT2D eigenvalue weighted by Crippen LogP contribution is -2.32. The fourth-order valence-corrected chi connectivity index (χ4v) is 2.93. The minimum Gasteiger partial charge on any atom is -0.442 e. The van der Waals surface area contributed by atoms with E-state index in [9.17, 15) is 14.0 Å². The van der Waals surface area contributed by atoms with E-state index in [0.29, 0.717) is 36.9 Å². The van der Waals surface area contributed by atoms with E-state index in [1.165, 1.54) is 26.8 Å². The zero-order valence-corrected chi connectivity index (χ0v) is 14.8. The summed E-state index contributed by atoms with van der Waals surface area (Å²) < 4.78 is 19.8. The Balaban J connectivity index is 1.73. The van der Waals surface area contributed by atoms with Crippen LogP contribution in [-0.4, -0.2) is 61.3 Å². The maximum Gasteiger partial charge on any atom is 0.414 e. The number of hydrogen-bond donors (Lipinski definition) is 1. The highest BCUT2D eigenvalue weighted by molar-refractivity contribution is 7.80. The number of halogens is 1. The van der Waals surface area contributed by atoms with Gasteiger partial charge in [0.15, 0.2) is 0 Å². The van der Waals surface area contributed by atoms with Gasteiger partial charge in [0.05, 0.1) is 29.5 Å². The molecule has 2 aliphatic heterocycles. The summed E-state index contributed by atoms with van der Waals surface area (Å²) in [6.07, 6.45) is -0.889. The standard InChI is InChI=1S/C16H19FN4O3S/c1-10(25)18-8-12-9-21(16(23)24-12)11-3-4-14(13(17)7-11)20-6-5-19(2)15(20)22/h3-4,7,12H,5-6,8-9H2,1-2H3,(H,18,25)/t12-/m0/s1. The molecule has 0 aliphatic carbocycles. The Morgan fingerprint density at radius 1 is 1.36 bits per heavy atom. The minimum atomic E-state index is -0.551. The van der Waals surface area contributed by atoms with Crippen LogP contribution in [0.3, 0.4) is 0 Å². The van der Waals surface area contributed by atoms with E-state index in [-0.39, 0.29) is 17.8 Å². The third-order valence-corrected chi connectivity index (χ3v) is 4.35. The van der Waals surface area contributed by atoms with Crippen LogP contribution >= 0.6 is 12.2 Å². The Kier molecular flexibility index (Phi) is 4.76. The van der Waals surface area contributed by atoms with Gasteiger partial charge >= 0.3 is 12.1 Å². The zero-order valence-electron chi connectivity index (χ0n) is 14.0. The number of anilines is 2. The van der Waals surface area contributed by atoms with E-state index in [1.807, 2.05) is 0 Å². The lowest BCUT2D eigenvalue weighted by Gasteiger charge is -2.19. The molecular weight excluding hydrogens is 347 g/mol. The molecule has 0 spiro atoms. The summed E-state index contributed by atoms with van der Waals surface area (Å²) >= 11 is 4.93. The van der Waals surface area contributed by atoms with Gasteiger partial charge in [0.1, 0.15) is 11.9 Å². The minimum absolute atomic E-state index is 0.209. The summed E-state index contributed by atoms with van der Waals surface area (Å²) in [5.41, 5.74) is 0.605. The summed E-state index contributed by atoms with van der Waals surface area (Å²) in [7, 11) is 1.67. The lowest BCUT2D eigenvalue weighted by atomic mass is 10.2. The predicted molar refractivity (Wildman–Crippen MR) is 95.7 cm³/mol. The number of hydrogen-bond acceptors (Lipinski definition) is 4. The van der Waals surface area contributed by atoms with E-state index in [4.69, 9.17) is 17.0 Å². The van der Waals surface area contributed by atoms with Crippen LogP contribution < -0.4 is 15.1 Å². The molecule has 3 rings (SSSR count). The molecule has 0 radical (unpaired) electrons. The van der Waals surface area contributed by atoms with Gasteiger partial charge in [-0.15, -0.1) is 0 Å². The molecule has 0 aromatic heterocycles. The van der Waals surface area contributed by atoms with Crippen LogP contribution in [0.5, 0.6) is 0 Å². The van der Waals surface area contributed by atoms with Gasteiger partial charge in [-0.1, -0.05) is 12.2 Å². The summed E-state index contributed by atoms with van der Waals surface area (Å²) in [5, 5.41) is 2.95. The smallest absolute Gasteiger partial charge is 0.414 e. The molecule has 1 aromatic rings. The number of benzene rings is 1. The van der Waals surface area contributed by atoms with Crippen LogP contribution in [0.2, 0.25) is 0 Å². The van der Waals surface area contributed by atoms with E-state index in [2.05, 4.69) is 5.32 Å². The quantitative estimate of drug-likeness (QED) is 0.826. The topological polar surface area (TPSA) is 65.1 Å². The normalized spacial score (nSPS) is 20.3. The Labute approximate surface area is 150 Å². The number of rotatable bonds is 4. The first-order valence-electron chi connectivity index (χ1n) is 7.91. The molecule has 9 heteroatoms. The number of likely N-dealkylation sites (N-methyl/N-ethyl adjacent to an activating group) is 1. The largest absolute Gasteiger partial charge is 0.442 e. The molecule has 25 heavy (non-hydrogen) atoms. The first-order chi connectivity index (χ1) is 11.9. The number of nitrogens with one attached hydrogen (secondary N) is 1. The number of urea groups is 1. The summed E-state index contributed by atoms with van der Waals surface area (Å²) in [6, 6.07) is 4.14. The maximum absolute atomic E-state index is 14.5. The van der Waals surface area contributed by atoms with Crippen molar-refractivity contribution in [3.8, 4) is 0 Å². The number of carbonyl (C=O) groups is 2. The Bertz CT molecular complexity index is 729. The first kappa shape index (κ1) is 17.4. The van der Waals surface area contributed by atoms with E-state index >= 15 is 0 Å². The average molecular weight is 366 g/mol. The van der Waals surface area contributed by atoms with Crippen molar-refractivity contribution >= 4 is 40.7 Å². The van der Waals surface area contributed by atoms with Gasteiger partial charge in [0.2, 0.25) is 0 Å². The number of carbonyl (C=O) groups excluding carboxylic acids is 2. The zero-order chi connectivity index (χ0) is 18.1. The first-order valence-corrected chi connectivity index (χ1v) is 8.32. The van der Waals surface area contributed by atoms with E-state index in [0.717, 1.165) is 0 Å². The van der Waals surface area contributed by atoms with Crippen LogP contribution in [0.1, 0.15) is 6.92 Å². The molecule has 0 bridgehead atoms. The molecule has 2 aliphatic rings. The van der Waals surface area contributed by atoms with Crippen molar-refractivity contribution in [1.82, 2.24) is 10.2 Å². The van der Waals surface area contributed by atoms with Crippen molar-refractivity contribution in [2.24, 2.45) is 0 Å². The second-order valence-electron chi connectivity index (χ2n) is 6.04. The SMILES string of the molecule is CC(=S)NC[C@H]1CN(c2ccc(N3CCN(C)C3=O)c(F)c2)C(=O)O1. The number of ether oxygens (including phenoxy) is 1. The molecular formula is C16H19FN4O3S. The van der Waals surface area contributed by atoms with Gasteiger partial charge in [-0.2, -0.15) is 0 Å². The number of amides is 3. The number of nitrogens with zero attached hydrogens (tertiary/aromatic N) is 3. The lowest BCUT2D eigenvalue weighted by molar-refractivity contribution is 0.143. The Hall–Kier alpha value is -2.42. The van der Waals surface area contributed by atoms with Gasteiger partial charge < -0.3 is 15.0 Å². The summed E-state index contributed by atoms with van der Waals surface area (Å²) in [4.78, 5) is 28.9. The highest BCUT2D eigenvalue weighted by Crippen LogP contribution is 2.29. The summed E-state index contributed by atoms with van der Waals surface area (Å²) in [5.74, 6) is -0.551. The van der Waals surface area contributed by atoms with Crippen molar-refractivity contribution in [2.75, 3.05) is 43.0 Å². The van der Waals surface area contributed by atoms with Crippen LogP contribution in [0.25, 0.3) is 0 Å². The van der Waals surface area contributed by atoms with Gasteiger partial charge in [0, 0.05) is 20.1 Å². The summed E-state index contributed by atoms with van der Waals surface area (Å²) in [6.45, 7) is 3.44. The number of cyclic esters (lactones) is 1. The fourth-order valence-electron chi connectivity index (χ4n) is 2.85. The van der Waals surface area contributed by atoms with Crippen LogP contribution in [0, 0.1) is 5.82 Å². The second-order valence-corrected chi connectivity index (χ2v) is 6.66.